The van der Waals surface area contributed by atoms with Gasteiger partial charge in [0.1, 0.15) is 11.5 Å². The highest BCUT2D eigenvalue weighted by Crippen LogP contribution is 2.32. The molecule has 0 unspecified atom stereocenters. The second kappa shape index (κ2) is 9.80. The lowest BCUT2D eigenvalue weighted by Crippen LogP contribution is -2.45. The summed E-state index contributed by atoms with van der Waals surface area (Å²) in [6.07, 6.45) is 1.21. The summed E-state index contributed by atoms with van der Waals surface area (Å²) < 4.78 is 38.5. The third-order valence-electron chi connectivity index (χ3n) is 5.68. The lowest BCUT2D eigenvalue weighted by Gasteiger charge is -2.31. The number of ether oxygens (including phenoxy) is 2. The van der Waals surface area contributed by atoms with E-state index in [4.69, 9.17) is 9.47 Å². The Bertz CT molecular complexity index is 1130. The Morgan fingerprint density at radius 1 is 1.24 bits per heavy atom. The van der Waals surface area contributed by atoms with Crippen LogP contribution in [0.25, 0.3) is 0 Å². The molecule has 2 N–H and O–H groups in total. The topological polar surface area (TPSA) is 114 Å². The fourth-order valence-corrected chi connectivity index (χ4v) is 5.50. The van der Waals surface area contributed by atoms with Crippen molar-refractivity contribution in [2.24, 2.45) is 5.92 Å². The molecule has 1 saturated heterocycles. The monoisotopic (exact) mass is 473 g/mol. The summed E-state index contributed by atoms with van der Waals surface area (Å²) in [7, 11) is -3.82. The van der Waals surface area contributed by atoms with Crippen LogP contribution in [0.3, 0.4) is 0 Å². The number of carbonyl (C=O) groups excluding carboxylic acids is 2. The zero-order chi connectivity index (χ0) is 23.4. The molecule has 176 valence electrons. The zero-order valence-electron chi connectivity index (χ0n) is 18.4. The molecular formula is C23H27N3O6S. The maximum absolute atomic E-state index is 13.2. The molecule has 10 heteroatoms. The molecule has 1 fully saturated rings. The van der Waals surface area contributed by atoms with Crippen molar-refractivity contribution in [3.63, 3.8) is 0 Å². The molecule has 4 rings (SSSR count). The summed E-state index contributed by atoms with van der Waals surface area (Å²) in [5.41, 5.74) is 1.26. The van der Waals surface area contributed by atoms with Crippen molar-refractivity contribution in [3.8, 4) is 11.5 Å². The van der Waals surface area contributed by atoms with Crippen molar-refractivity contribution in [3.05, 3.63) is 48.0 Å². The van der Waals surface area contributed by atoms with Gasteiger partial charge >= 0.3 is 0 Å². The van der Waals surface area contributed by atoms with Crippen LogP contribution in [-0.4, -0.2) is 50.8 Å². The van der Waals surface area contributed by atoms with Crippen LogP contribution >= 0.6 is 0 Å². The predicted octanol–water partition coefficient (Wildman–Crippen LogP) is 2.13. The largest absolute Gasteiger partial charge is 0.494 e. The number of hydrogen-bond donors (Lipinski definition) is 2. The molecule has 2 aromatic rings. The minimum atomic E-state index is -3.82. The number of nitrogens with zero attached hydrogens (tertiary/aromatic N) is 1. The number of anilines is 1. The van der Waals surface area contributed by atoms with Crippen LogP contribution in [0, 0.1) is 5.92 Å². The molecule has 0 spiro atoms. The third-order valence-corrected chi connectivity index (χ3v) is 7.54. The second-order valence-corrected chi connectivity index (χ2v) is 9.93. The highest BCUT2D eigenvalue weighted by Gasteiger charge is 2.34. The van der Waals surface area contributed by atoms with Crippen molar-refractivity contribution < 1.29 is 27.5 Å². The van der Waals surface area contributed by atoms with Crippen molar-refractivity contribution >= 4 is 27.5 Å². The molecule has 2 heterocycles. The molecule has 2 aliphatic rings. The maximum Gasteiger partial charge on any atom is 0.262 e. The van der Waals surface area contributed by atoms with E-state index in [0.717, 1.165) is 11.3 Å². The van der Waals surface area contributed by atoms with Gasteiger partial charge in [-0.15, -0.1) is 0 Å². The number of nitrogens with one attached hydrogen (secondary N) is 2. The molecule has 0 aliphatic carbocycles. The number of sulfonamides is 1. The number of amides is 2. The number of fused-ring (bicyclic) bond motifs is 1. The van der Waals surface area contributed by atoms with E-state index in [1.165, 1.54) is 22.5 Å². The smallest absolute Gasteiger partial charge is 0.262 e. The summed E-state index contributed by atoms with van der Waals surface area (Å²) >= 11 is 0. The number of hydrogen-bond acceptors (Lipinski definition) is 6. The lowest BCUT2D eigenvalue weighted by atomic mass is 9.99. The molecule has 0 saturated carbocycles. The first-order valence-electron chi connectivity index (χ1n) is 10.9. The van der Waals surface area contributed by atoms with Crippen LogP contribution in [0.1, 0.15) is 25.3 Å². The van der Waals surface area contributed by atoms with Gasteiger partial charge in [0.15, 0.2) is 6.61 Å². The first-order valence-corrected chi connectivity index (χ1v) is 12.4. The van der Waals surface area contributed by atoms with Crippen molar-refractivity contribution in [1.82, 2.24) is 9.62 Å². The molecule has 0 aromatic heterocycles. The molecule has 0 bridgehead atoms. The highest BCUT2D eigenvalue weighted by molar-refractivity contribution is 7.89. The summed E-state index contributed by atoms with van der Waals surface area (Å²) in [5.74, 6) is 0.263. The summed E-state index contributed by atoms with van der Waals surface area (Å²) in [6.45, 7) is 3.21. The van der Waals surface area contributed by atoms with E-state index in [9.17, 15) is 18.0 Å². The maximum atomic E-state index is 13.2. The molecule has 2 aliphatic heterocycles. The molecule has 2 amide bonds. The third kappa shape index (κ3) is 5.28. The Hall–Kier alpha value is -3.11. The Labute approximate surface area is 193 Å². The molecule has 0 radical (unpaired) electrons. The first-order chi connectivity index (χ1) is 15.9. The number of piperidine rings is 1. The average molecular weight is 474 g/mol. The molecule has 33 heavy (non-hydrogen) atoms. The van der Waals surface area contributed by atoms with Gasteiger partial charge in [-0.25, -0.2) is 8.42 Å². The quantitative estimate of drug-likeness (QED) is 0.637. The van der Waals surface area contributed by atoms with Gasteiger partial charge in [0.2, 0.25) is 15.9 Å². The minimum Gasteiger partial charge on any atom is -0.494 e. The Morgan fingerprint density at radius 2 is 2.03 bits per heavy atom. The molecular weight excluding hydrogens is 446 g/mol. The van der Waals surface area contributed by atoms with E-state index < -0.39 is 15.9 Å². The highest BCUT2D eigenvalue weighted by atomic mass is 32.2. The van der Waals surface area contributed by atoms with E-state index in [2.05, 4.69) is 10.6 Å². The number of benzene rings is 2. The summed E-state index contributed by atoms with van der Waals surface area (Å²) in [6, 6.07) is 11.9. The Morgan fingerprint density at radius 3 is 2.79 bits per heavy atom. The zero-order valence-corrected chi connectivity index (χ0v) is 19.2. The van der Waals surface area contributed by atoms with E-state index in [1.54, 1.807) is 0 Å². The standard InChI is InChI=1S/C23H27N3O6S/c1-2-31-18-7-5-16(6-8-18)13-24-23(28)17-4-3-11-26(14-17)33(29,30)19-9-10-21-20(12-19)25-22(27)15-32-21/h5-10,12,17H,2-4,11,13-15H2,1H3,(H,24,28)(H,25,27)/t17-/m1/s1. The number of rotatable bonds is 7. The predicted molar refractivity (Wildman–Crippen MR) is 122 cm³/mol. The van der Waals surface area contributed by atoms with Crippen molar-refractivity contribution in [2.45, 2.75) is 31.2 Å². The van der Waals surface area contributed by atoms with Crippen LogP contribution in [0.2, 0.25) is 0 Å². The van der Waals surface area contributed by atoms with Crippen molar-refractivity contribution in [1.29, 1.82) is 0 Å². The molecule has 1 atom stereocenters. The van der Waals surface area contributed by atoms with Crippen LogP contribution in [0.4, 0.5) is 5.69 Å². The minimum absolute atomic E-state index is 0.0579. The summed E-state index contributed by atoms with van der Waals surface area (Å²) in [5, 5.41) is 5.54. The average Bonchev–Trinajstić information content (AvgIpc) is 2.83. The van der Waals surface area contributed by atoms with Gasteiger partial charge in [0, 0.05) is 19.6 Å². The van der Waals surface area contributed by atoms with Gasteiger partial charge in [-0.1, -0.05) is 12.1 Å². The van der Waals surface area contributed by atoms with Crippen molar-refractivity contribution in [2.75, 3.05) is 31.6 Å². The van der Waals surface area contributed by atoms with Gasteiger partial charge in [0.25, 0.3) is 5.91 Å². The first kappa shape index (κ1) is 23.1. The van der Waals surface area contributed by atoms with E-state index in [1.807, 2.05) is 31.2 Å². The second-order valence-electron chi connectivity index (χ2n) is 7.99. The Balaban J connectivity index is 1.39. The van der Waals surface area contributed by atoms with E-state index in [0.29, 0.717) is 44.0 Å². The van der Waals surface area contributed by atoms with Crippen LogP contribution in [0.5, 0.6) is 11.5 Å². The van der Waals surface area contributed by atoms with E-state index in [-0.39, 0.29) is 29.9 Å². The molecule has 2 aromatic carbocycles. The Kier molecular flexibility index (Phi) is 6.85. The fourth-order valence-electron chi connectivity index (χ4n) is 3.95. The molecule has 9 nitrogen and oxygen atoms in total. The fraction of sp³-hybridized carbons (Fsp3) is 0.391. The van der Waals surface area contributed by atoms with Crippen LogP contribution < -0.4 is 20.1 Å². The number of carbonyl (C=O) groups is 2. The van der Waals surface area contributed by atoms with Gasteiger partial charge in [-0.05, 0) is 55.7 Å². The lowest BCUT2D eigenvalue weighted by molar-refractivity contribution is -0.126. The van der Waals surface area contributed by atoms with Gasteiger partial charge in [-0.2, -0.15) is 4.31 Å². The normalized spacial score (nSPS) is 18.6. The summed E-state index contributed by atoms with van der Waals surface area (Å²) in [4.78, 5) is 24.4. The van der Waals surface area contributed by atoms with Crippen LogP contribution in [0.15, 0.2) is 47.4 Å². The van der Waals surface area contributed by atoms with Gasteiger partial charge in [0.05, 0.1) is 23.1 Å². The SMILES string of the molecule is CCOc1ccc(CNC(=O)[C@@H]2CCCN(S(=O)(=O)c3ccc4c(c3)NC(=O)CO4)C2)cc1. The van der Waals surface area contributed by atoms with E-state index >= 15 is 0 Å². The van der Waals surface area contributed by atoms with Gasteiger partial charge < -0.3 is 20.1 Å². The van der Waals surface area contributed by atoms with Gasteiger partial charge in [-0.3, -0.25) is 9.59 Å². The van der Waals surface area contributed by atoms with Crippen LogP contribution in [-0.2, 0) is 26.2 Å².